The molecule has 0 spiro atoms. The van der Waals surface area contributed by atoms with Crippen LogP contribution in [0.3, 0.4) is 0 Å². The third kappa shape index (κ3) is 4.61. The molecule has 0 unspecified atom stereocenters. The third-order valence-electron chi connectivity index (χ3n) is 5.51. The molecule has 18 heteroatoms. The second-order valence-electron chi connectivity index (χ2n) is 7.74. The van der Waals surface area contributed by atoms with Crippen molar-refractivity contribution in [3.05, 3.63) is 34.6 Å². The number of nitrogen functional groups attached to an aromatic ring is 1. The number of fused-ring (bicyclic) bond motifs is 2. The average molecular weight is 578 g/mol. The van der Waals surface area contributed by atoms with E-state index in [4.69, 9.17) is 15.3 Å². The van der Waals surface area contributed by atoms with Gasteiger partial charge in [0, 0.05) is 23.0 Å². The van der Waals surface area contributed by atoms with Crippen molar-refractivity contribution in [1.82, 2.24) is 35.0 Å². The molecule has 0 saturated carbocycles. The van der Waals surface area contributed by atoms with Crippen LogP contribution >= 0.6 is 34.9 Å². The fourth-order valence-corrected chi connectivity index (χ4v) is 6.86. The van der Waals surface area contributed by atoms with Crippen LogP contribution in [0.25, 0.3) is 5.65 Å². The van der Waals surface area contributed by atoms with Crippen molar-refractivity contribution in [2.75, 3.05) is 31.5 Å². The van der Waals surface area contributed by atoms with Crippen LogP contribution < -0.4 is 15.8 Å². The molecule has 1 saturated heterocycles. The number of carbonyl (C=O) groups is 3. The van der Waals surface area contributed by atoms with Gasteiger partial charge < -0.3 is 25.7 Å². The summed E-state index contributed by atoms with van der Waals surface area (Å²) in [6.45, 7) is 0. The van der Waals surface area contributed by atoms with Gasteiger partial charge in [0.2, 0.25) is 5.88 Å². The molecule has 5 rings (SSSR count). The Morgan fingerprint density at radius 3 is 2.87 bits per heavy atom. The number of amides is 2. The van der Waals surface area contributed by atoms with E-state index in [-0.39, 0.29) is 28.0 Å². The predicted molar refractivity (Wildman–Crippen MR) is 138 cm³/mol. The molecular weight excluding hydrogens is 558 g/mol. The summed E-state index contributed by atoms with van der Waals surface area (Å²) in [4.78, 5) is 52.4. The molecule has 0 radical (unpaired) electrons. The molecule has 2 aliphatic heterocycles. The molecule has 4 N–H and O–H groups in total. The smallest absolute Gasteiger partial charge is 0.352 e. The van der Waals surface area contributed by atoms with E-state index in [1.165, 1.54) is 58.7 Å². The Morgan fingerprint density at radius 2 is 2.18 bits per heavy atom. The number of ether oxygens (including phenoxy) is 1. The Kier molecular flexibility index (Phi) is 7.09. The molecular formula is C20H19N9O6S3. The first-order chi connectivity index (χ1) is 18.3. The summed E-state index contributed by atoms with van der Waals surface area (Å²) in [5, 5.41) is 26.0. The Balaban J connectivity index is 1.33. The first kappa shape index (κ1) is 25.7. The number of hydrogen-bond acceptors (Lipinski definition) is 14. The Bertz CT molecular complexity index is 1500. The highest BCUT2D eigenvalue weighted by Gasteiger charge is 2.54. The number of thioether (sulfide) groups is 2. The van der Waals surface area contributed by atoms with Gasteiger partial charge in [-0.15, -0.1) is 40.0 Å². The zero-order valence-electron chi connectivity index (χ0n) is 19.7. The fraction of sp³-hybridized carbons (Fsp3) is 0.300. The molecule has 0 bridgehead atoms. The number of oxime groups is 1. The van der Waals surface area contributed by atoms with E-state index in [9.17, 15) is 19.5 Å². The molecule has 1 fully saturated rings. The monoisotopic (exact) mass is 577 g/mol. The van der Waals surface area contributed by atoms with Crippen molar-refractivity contribution in [1.29, 1.82) is 0 Å². The summed E-state index contributed by atoms with van der Waals surface area (Å²) >= 11 is 3.78. The number of hydrogen-bond donors (Lipinski definition) is 3. The maximum Gasteiger partial charge on any atom is 0.352 e. The maximum atomic E-state index is 13.1. The van der Waals surface area contributed by atoms with Crippen LogP contribution in [0.4, 0.5) is 5.13 Å². The molecule has 0 aromatic carbocycles. The van der Waals surface area contributed by atoms with Crippen LogP contribution in [0, 0.1) is 0 Å². The predicted octanol–water partition coefficient (Wildman–Crippen LogP) is 0.0530. The van der Waals surface area contributed by atoms with Crippen molar-refractivity contribution in [2.45, 2.75) is 16.4 Å². The highest BCUT2D eigenvalue weighted by molar-refractivity contribution is 8.01. The van der Waals surface area contributed by atoms with Gasteiger partial charge in [-0.3, -0.25) is 14.5 Å². The standard InChI is InChI=1S/C20H19N9O6S3/c1-34-11-3-12(29-10(24-11)4-22-27-29)36-5-8-6-37-18-14(17(31)28(18)15(8)19(32)33)25-16(30)13(26-35-2)9-7-38-20(21)23-9/h3-4,7,14,18H,5-6H2,1-2H3,(H2,21,23)(H,25,30)(H,32,33)/t14-,18-/m1/s1. The van der Waals surface area contributed by atoms with Crippen LogP contribution in [-0.4, -0.2) is 95.4 Å². The largest absolute Gasteiger partial charge is 0.481 e. The van der Waals surface area contributed by atoms with E-state index in [2.05, 4.69) is 30.8 Å². The second kappa shape index (κ2) is 10.5. The van der Waals surface area contributed by atoms with Gasteiger partial charge in [0.15, 0.2) is 16.5 Å². The van der Waals surface area contributed by atoms with E-state index >= 15 is 0 Å². The number of methoxy groups -OCH3 is 1. The van der Waals surface area contributed by atoms with E-state index < -0.39 is 29.2 Å². The van der Waals surface area contributed by atoms with Crippen molar-refractivity contribution < 1.29 is 29.1 Å². The molecule has 38 heavy (non-hydrogen) atoms. The van der Waals surface area contributed by atoms with Gasteiger partial charge in [0.05, 0.1) is 13.3 Å². The number of rotatable bonds is 9. The van der Waals surface area contributed by atoms with Gasteiger partial charge in [-0.25, -0.2) is 9.78 Å². The zero-order valence-corrected chi connectivity index (χ0v) is 22.2. The lowest BCUT2D eigenvalue weighted by Gasteiger charge is -2.49. The van der Waals surface area contributed by atoms with Gasteiger partial charge in [-0.05, 0) is 5.57 Å². The molecule has 2 aliphatic rings. The molecule has 3 aromatic heterocycles. The van der Waals surface area contributed by atoms with Gasteiger partial charge in [0.25, 0.3) is 11.8 Å². The van der Waals surface area contributed by atoms with E-state index in [1.54, 1.807) is 6.07 Å². The number of aromatic nitrogens is 5. The molecule has 3 aromatic rings. The van der Waals surface area contributed by atoms with Gasteiger partial charge in [-0.2, -0.15) is 9.50 Å². The number of β-lactam (4-membered cyclic amide) rings is 1. The number of carbonyl (C=O) groups excluding carboxylic acids is 2. The van der Waals surface area contributed by atoms with E-state index in [0.717, 1.165) is 11.3 Å². The molecule has 2 amide bonds. The summed E-state index contributed by atoms with van der Waals surface area (Å²) in [7, 11) is 2.76. The molecule has 5 heterocycles. The normalized spacial score (nSPS) is 19.3. The second-order valence-corrected chi connectivity index (χ2v) is 10.7. The average Bonchev–Trinajstić information content (AvgIpc) is 3.56. The SMILES string of the molecule is CON=C(C(=O)N[C@@H]1C(=O)N2C(C(=O)O)=C(CSc3cc(OC)nc4cnnn34)CS[C@H]12)c1csc(N)n1. The Morgan fingerprint density at radius 1 is 1.37 bits per heavy atom. The lowest BCUT2D eigenvalue weighted by Crippen LogP contribution is -2.71. The minimum absolute atomic E-state index is 0.106. The summed E-state index contributed by atoms with van der Waals surface area (Å²) in [6, 6.07) is 0.718. The van der Waals surface area contributed by atoms with Crippen molar-refractivity contribution >= 4 is 69.1 Å². The lowest BCUT2D eigenvalue weighted by atomic mass is 10.0. The quantitative estimate of drug-likeness (QED) is 0.101. The number of nitrogens with two attached hydrogens (primary N) is 1. The summed E-state index contributed by atoms with van der Waals surface area (Å²) < 4.78 is 6.74. The number of nitrogens with zero attached hydrogens (tertiary/aromatic N) is 7. The van der Waals surface area contributed by atoms with Crippen LogP contribution in [0.5, 0.6) is 5.88 Å². The highest BCUT2D eigenvalue weighted by atomic mass is 32.2. The minimum atomic E-state index is -1.23. The summed E-state index contributed by atoms with van der Waals surface area (Å²) in [5.74, 6) is -1.52. The number of carboxylic acids is 1. The number of anilines is 1. The van der Waals surface area contributed by atoms with Crippen LogP contribution in [-0.2, 0) is 19.2 Å². The first-order valence-corrected chi connectivity index (χ1v) is 13.7. The van der Waals surface area contributed by atoms with E-state index in [1.807, 2.05) is 0 Å². The van der Waals surface area contributed by atoms with Crippen molar-refractivity contribution in [3.63, 3.8) is 0 Å². The summed E-state index contributed by atoms with van der Waals surface area (Å²) in [6.07, 6.45) is 1.48. The summed E-state index contributed by atoms with van der Waals surface area (Å²) in [5.41, 5.74) is 6.62. The third-order valence-corrected chi connectivity index (χ3v) is 8.61. The molecule has 0 aliphatic carbocycles. The Labute approximate surface area is 226 Å². The van der Waals surface area contributed by atoms with Gasteiger partial charge in [0.1, 0.15) is 34.9 Å². The lowest BCUT2D eigenvalue weighted by molar-refractivity contribution is -0.150. The Hall–Kier alpha value is -3.90. The number of thiazole rings is 1. The number of carboxylic acid groups (broad SMARTS) is 1. The number of aliphatic carboxylic acids is 1. The number of nitrogens with one attached hydrogen (secondary N) is 1. The highest BCUT2D eigenvalue weighted by Crippen LogP contribution is 2.41. The minimum Gasteiger partial charge on any atom is -0.481 e. The zero-order chi connectivity index (χ0) is 27.0. The fourth-order valence-electron chi connectivity index (χ4n) is 3.84. The van der Waals surface area contributed by atoms with Crippen LogP contribution in [0.15, 0.2) is 39.1 Å². The van der Waals surface area contributed by atoms with Gasteiger partial charge in [-0.1, -0.05) is 10.4 Å². The van der Waals surface area contributed by atoms with Gasteiger partial charge >= 0.3 is 5.97 Å². The first-order valence-electron chi connectivity index (χ1n) is 10.7. The topological polar surface area (TPSA) is 200 Å². The molecule has 198 valence electrons. The van der Waals surface area contributed by atoms with Crippen LogP contribution in [0.2, 0.25) is 0 Å². The van der Waals surface area contributed by atoms with Crippen molar-refractivity contribution in [2.24, 2.45) is 5.16 Å². The van der Waals surface area contributed by atoms with Crippen molar-refractivity contribution in [3.8, 4) is 5.88 Å². The van der Waals surface area contributed by atoms with E-state index in [0.29, 0.717) is 27.9 Å². The molecule has 15 nitrogen and oxygen atoms in total. The van der Waals surface area contributed by atoms with Crippen LogP contribution in [0.1, 0.15) is 5.69 Å². The maximum absolute atomic E-state index is 13.1. The molecule has 2 atom stereocenters.